The summed E-state index contributed by atoms with van der Waals surface area (Å²) in [6.45, 7) is 0. The number of hydrogen-bond donors (Lipinski definition) is 3. The van der Waals surface area contributed by atoms with Crippen molar-refractivity contribution in [2.24, 2.45) is 0 Å². The summed E-state index contributed by atoms with van der Waals surface area (Å²) >= 11 is 2.88. The predicted octanol–water partition coefficient (Wildman–Crippen LogP) is 1.18. The fourth-order valence-corrected chi connectivity index (χ4v) is 1.54. The summed E-state index contributed by atoms with van der Waals surface area (Å²) in [6, 6.07) is 0.523. The first-order chi connectivity index (χ1) is 7.77. The van der Waals surface area contributed by atoms with E-state index in [9.17, 15) is 28.2 Å². The highest BCUT2D eigenvalue weighted by molar-refractivity contribution is 9.09. The van der Waals surface area contributed by atoms with E-state index in [1.54, 1.807) is 0 Å². The van der Waals surface area contributed by atoms with Crippen molar-refractivity contribution in [3.8, 4) is 0 Å². The third kappa shape index (κ3) is 3.30. The van der Waals surface area contributed by atoms with Gasteiger partial charge >= 0.3 is 6.18 Å². The lowest BCUT2D eigenvalue weighted by Gasteiger charge is -2.16. The van der Waals surface area contributed by atoms with Gasteiger partial charge in [-0.2, -0.15) is 13.2 Å². The van der Waals surface area contributed by atoms with Gasteiger partial charge in [0.05, 0.1) is 6.10 Å². The van der Waals surface area contributed by atoms with E-state index in [4.69, 9.17) is 0 Å². The van der Waals surface area contributed by atoms with Crippen molar-refractivity contribution >= 4 is 15.9 Å². The first-order valence-electron chi connectivity index (χ1n) is 4.49. The molecular formula is C9H9BrF3NO3. The van der Waals surface area contributed by atoms with Crippen LogP contribution in [0.1, 0.15) is 17.2 Å². The van der Waals surface area contributed by atoms with Crippen molar-refractivity contribution in [3.63, 3.8) is 0 Å². The molecule has 4 nitrogen and oxygen atoms in total. The molecule has 0 saturated carbocycles. The molecule has 17 heavy (non-hydrogen) atoms. The van der Waals surface area contributed by atoms with E-state index in [2.05, 4.69) is 15.9 Å². The quantitative estimate of drug-likeness (QED) is 0.733. The molecule has 2 atom stereocenters. The Labute approximate surface area is 102 Å². The number of aromatic nitrogens is 1. The fraction of sp³-hybridized carbons (Fsp3) is 0.444. The average molecular weight is 316 g/mol. The van der Waals surface area contributed by atoms with Crippen molar-refractivity contribution in [3.05, 3.63) is 33.7 Å². The van der Waals surface area contributed by atoms with Crippen LogP contribution in [-0.4, -0.2) is 26.6 Å². The predicted molar refractivity (Wildman–Crippen MR) is 56.8 cm³/mol. The van der Waals surface area contributed by atoms with Crippen molar-refractivity contribution in [1.82, 2.24) is 4.98 Å². The number of rotatable bonds is 3. The van der Waals surface area contributed by atoms with Gasteiger partial charge in [0.25, 0.3) is 5.56 Å². The van der Waals surface area contributed by atoms with Gasteiger partial charge in [0.15, 0.2) is 0 Å². The van der Waals surface area contributed by atoms with E-state index < -0.39 is 29.5 Å². The molecule has 96 valence electrons. The lowest BCUT2D eigenvalue weighted by molar-refractivity contribution is -0.138. The Hall–Kier alpha value is -0.860. The maximum Gasteiger partial charge on any atom is 0.421 e. The number of pyridine rings is 1. The van der Waals surface area contributed by atoms with Crippen LogP contribution in [-0.2, 0) is 6.18 Å². The zero-order valence-corrected chi connectivity index (χ0v) is 9.92. The third-order valence-corrected chi connectivity index (χ3v) is 2.76. The minimum atomic E-state index is -4.80. The Morgan fingerprint density at radius 1 is 1.41 bits per heavy atom. The summed E-state index contributed by atoms with van der Waals surface area (Å²) in [5.74, 6) is 0. The van der Waals surface area contributed by atoms with E-state index in [-0.39, 0.29) is 10.9 Å². The number of alkyl halides is 4. The molecule has 0 aliphatic rings. The minimum Gasteiger partial charge on any atom is -0.389 e. The summed E-state index contributed by atoms with van der Waals surface area (Å²) in [5.41, 5.74) is -2.90. The molecule has 1 aromatic rings. The van der Waals surface area contributed by atoms with Gasteiger partial charge in [0.2, 0.25) is 0 Å². The first kappa shape index (κ1) is 14.2. The topological polar surface area (TPSA) is 73.3 Å². The van der Waals surface area contributed by atoms with Crippen molar-refractivity contribution in [2.45, 2.75) is 18.4 Å². The molecule has 0 aliphatic heterocycles. The van der Waals surface area contributed by atoms with Gasteiger partial charge in [-0.3, -0.25) is 4.79 Å². The summed E-state index contributed by atoms with van der Waals surface area (Å²) in [4.78, 5) is 12.8. The monoisotopic (exact) mass is 315 g/mol. The maximum atomic E-state index is 12.4. The second-order valence-corrected chi connectivity index (χ2v) is 3.99. The zero-order valence-electron chi connectivity index (χ0n) is 8.33. The standard InChI is InChI=1S/C9H9BrF3NO3/c10-2-6(15)7(16)4-1-5(9(11,12)13)8(17)14-3-4/h1,3,6-7,15-16H,2H2,(H,14,17). The van der Waals surface area contributed by atoms with E-state index in [0.717, 1.165) is 6.20 Å². The van der Waals surface area contributed by atoms with Crippen LogP contribution < -0.4 is 5.56 Å². The number of aromatic amines is 1. The Bertz CT molecular complexity index is 446. The van der Waals surface area contributed by atoms with Gasteiger partial charge in [-0.05, 0) is 6.07 Å². The minimum absolute atomic E-state index is 0.00531. The molecule has 0 fully saturated rings. The van der Waals surface area contributed by atoms with Crippen LogP contribution in [0.5, 0.6) is 0 Å². The molecule has 0 aliphatic carbocycles. The van der Waals surface area contributed by atoms with Gasteiger partial charge in [-0.25, -0.2) is 0 Å². The first-order valence-corrected chi connectivity index (χ1v) is 5.61. The molecule has 3 N–H and O–H groups in total. The highest BCUT2D eigenvalue weighted by atomic mass is 79.9. The number of halogens is 4. The summed E-state index contributed by atoms with van der Waals surface area (Å²) in [6.07, 6.45) is -6.63. The summed E-state index contributed by atoms with van der Waals surface area (Å²) in [5, 5.41) is 18.8. The largest absolute Gasteiger partial charge is 0.421 e. The normalized spacial score (nSPS) is 15.6. The summed E-state index contributed by atoms with van der Waals surface area (Å²) < 4.78 is 37.2. The van der Waals surface area contributed by atoms with Crippen LogP contribution in [0.4, 0.5) is 13.2 Å². The van der Waals surface area contributed by atoms with E-state index >= 15 is 0 Å². The Balaban J connectivity index is 3.18. The average Bonchev–Trinajstić information content (AvgIpc) is 2.26. The van der Waals surface area contributed by atoms with Crippen LogP contribution in [0.15, 0.2) is 17.1 Å². The number of aliphatic hydroxyl groups excluding tert-OH is 2. The molecule has 0 radical (unpaired) electrons. The highest BCUT2D eigenvalue weighted by Gasteiger charge is 2.35. The second-order valence-electron chi connectivity index (χ2n) is 3.34. The lowest BCUT2D eigenvalue weighted by atomic mass is 10.1. The Morgan fingerprint density at radius 3 is 2.47 bits per heavy atom. The Kier molecular flexibility index (Phi) is 4.34. The molecule has 0 spiro atoms. The van der Waals surface area contributed by atoms with Gasteiger partial charge in [0, 0.05) is 17.1 Å². The molecule has 1 aromatic heterocycles. The molecule has 1 heterocycles. The number of aliphatic hydroxyl groups is 2. The molecule has 0 bridgehead atoms. The van der Waals surface area contributed by atoms with Crippen LogP contribution in [0.2, 0.25) is 0 Å². The molecule has 2 unspecified atom stereocenters. The van der Waals surface area contributed by atoms with Crippen LogP contribution in [0.3, 0.4) is 0 Å². The number of H-pyrrole nitrogens is 1. The van der Waals surface area contributed by atoms with Crippen LogP contribution >= 0.6 is 15.9 Å². The molecule has 1 rings (SSSR count). The van der Waals surface area contributed by atoms with Gasteiger partial charge < -0.3 is 15.2 Å². The maximum absolute atomic E-state index is 12.4. The third-order valence-electron chi connectivity index (χ3n) is 2.10. The van der Waals surface area contributed by atoms with Gasteiger partial charge in [0.1, 0.15) is 11.7 Å². The molecule has 8 heteroatoms. The number of nitrogens with one attached hydrogen (secondary N) is 1. The van der Waals surface area contributed by atoms with E-state index in [1.807, 2.05) is 4.98 Å². The molecule has 0 amide bonds. The molecule has 0 aromatic carbocycles. The van der Waals surface area contributed by atoms with Crippen molar-refractivity contribution in [2.75, 3.05) is 5.33 Å². The van der Waals surface area contributed by atoms with E-state index in [1.165, 1.54) is 0 Å². The Morgan fingerprint density at radius 2 is 2.00 bits per heavy atom. The fourth-order valence-electron chi connectivity index (χ4n) is 1.19. The molecule has 0 saturated heterocycles. The van der Waals surface area contributed by atoms with Crippen molar-refractivity contribution in [1.29, 1.82) is 0 Å². The smallest absolute Gasteiger partial charge is 0.389 e. The number of hydrogen-bond acceptors (Lipinski definition) is 3. The van der Waals surface area contributed by atoms with Crippen LogP contribution in [0, 0.1) is 0 Å². The van der Waals surface area contributed by atoms with Crippen molar-refractivity contribution < 1.29 is 23.4 Å². The van der Waals surface area contributed by atoms with E-state index in [0.29, 0.717) is 6.07 Å². The van der Waals surface area contributed by atoms with Gasteiger partial charge in [-0.15, -0.1) is 0 Å². The lowest BCUT2D eigenvalue weighted by Crippen LogP contribution is -2.25. The molecular weight excluding hydrogens is 307 g/mol. The highest BCUT2D eigenvalue weighted by Crippen LogP contribution is 2.28. The zero-order chi connectivity index (χ0) is 13.2. The van der Waals surface area contributed by atoms with Crippen LogP contribution in [0.25, 0.3) is 0 Å². The SMILES string of the molecule is O=c1[nH]cc(C(O)C(O)CBr)cc1C(F)(F)F. The van der Waals surface area contributed by atoms with Gasteiger partial charge in [-0.1, -0.05) is 15.9 Å². The second kappa shape index (κ2) is 5.19. The summed E-state index contributed by atoms with van der Waals surface area (Å²) in [7, 11) is 0.